The highest BCUT2D eigenvalue weighted by Crippen LogP contribution is 2.51. The SMILES string of the molecule is N#CCC(=O)N/N=C(\c1ccccc1)[C@H](c1ccccc1)[C@@]1(O)C(=O)Nc2c(Cl)ccc(Cl)c21. The van der Waals surface area contributed by atoms with E-state index in [1.807, 2.05) is 0 Å². The Bertz CT molecular complexity index is 1320. The minimum Gasteiger partial charge on any atom is -0.374 e. The molecule has 0 spiro atoms. The molecule has 2 atom stereocenters. The van der Waals surface area contributed by atoms with Crippen LogP contribution in [0.3, 0.4) is 0 Å². The first kappa shape index (κ1) is 23.5. The molecule has 34 heavy (non-hydrogen) atoms. The zero-order valence-corrected chi connectivity index (χ0v) is 19.1. The molecule has 0 saturated heterocycles. The summed E-state index contributed by atoms with van der Waals surface area (Å²) < 4.78 is 0. The molecule has 0 radical (unpaired) electrons. The summed E-state index contributed by atoms with van der Waals surface area (Å²) in [6.07, 6.45) is -0.406. The lowest BCUT2D eigenvalue weighted by Gasteiger charge is -2.33. The largest absolute Gasteiger partial charge is 0.374 e. The summed E-state index contributed by atoms with van der Waals surface area (Å²) in [4.78, 5) is 25.5. The van der Waals surface area contributed by atoms with Crippen LogP contribution in [0, 0.1) is 11.3 Å². The van der Waals surface area contributed by atoms with Gasteiger partial charge in [-0.05, 0) is 23.3 Å². The summed E-state index contributed by atoms with van der Waals surface area (Å²) in [5, 5.41) is 28.3. The maximum atomic E-state index is 13.4. The van der Waals surface area contributed by atoms with Crippen LogP contribution in [0.2, 0.25) is 10.0 Å². The molecule has 4 rings (SSSR count). The second kappa shape index (κ2) is 9.65. The summed E-state index contributed by atoms with van der Waals surface area (Å²) in [7, 11) is 0. The number of nitrogens with one attached hydrogen (secondary N) is 2. The van der Waals surface area contributed by atoms with Gasteiger partial charge in [-0.1, -0.05) is 83.9 Å². The van der Waals surface area contributed by atoms with Gasteiger partial charge in [0.05, 0.1) is 28.4 Å². The Morgan fingerprint density at radius 2 is 1.68 bits per heavy atom. The molecule has 0 aliphatic carbocycles. The molecule has 2 amide bonds. The Kier molecular flexibility index (Phi) is 6.66. The second-order valence-corrected chi connectivity index (χ2v) is 8.39. The Morgan fingerprint density at radius 1 is 1.06 bits per heavy atom. The molecule has 0 aromatic heterocycles. The number of halogens is 2. The minimum absolute atomic E-state index is 0.118. The van der Waals surface area contributed by atoms with Crippen LogP contribution in [0.15, 0.2) is 77.9 Å². The van der Waals surface area contributed by atoms with E-state index < -0.39 is 29.8 Å². The first-order valence-electron chi connectivity index (χ1n) is 10.2. The Balaban J connectivity index is 2.00. The van der Waals surface area contributed by atoms with Gasteiger partial charge in [0.1, 0.15) is 6.42 Å². The van der Waals surface area contributed by atoms with Gasteiger partial charge in [-0.25, -0.2) is 5.43 Å². The van der Waals surface area contributed by atoms with Crippen molar-refractivity contribution in [3.8, 4) is 6.07 Å². The smallest absolute Gasteiger partial charge is 0.262 e. The Morgan fingerprint density at radius 3 is 2.32 bits per heavy atom. The van der Waals surface area contributed by atoms with Crippen molar-refractivity contribution in [3.05, 3.63) is 99.5 Å². The number of carbonyl (C=O) groups excluding carboxylic acids is 2. The van der Waals surface area contributed by atoms with Crippen LogP contribution in [-0.2, 0) is 15.2 Å². The van der Waals surface area contributed by atoms with Crippen LogP contribution in [0.5, 0.6) is 0 Å². The lowest BCUT2D eigenvalue weighted by molar-refractivity contribution is -0.134. The molecule has 9 heteroatoms. The number of aliphatic hydroxyl groups is 1. The summed E-state index contributed by atoms with van der Waals surface area (Å²) in [5.41, 5.74) is 1.76. The molecule has 3 N–H and O–H groups in total. The maximum absolute atomic E-state index is 13.4. The third-order valence-electron chi connectivity index (χ3n) is 5.50. The number of anilines is 1. The monoisotopic (exact) mass is 492 g/mol. The summed E-state index contributed by atoms with van der Waals surface area (Å²) in [6, 6.07) is 22.4. The second-order valence-electron chi connectivity index (χ2n) is 7.58. The van der Waals surface area contributed by atoms with Crippen molar-refractivity contribution in [2.45, 2.75) is 17.9 Å². The van der Waals surface area contributed by atoms with Gasteiger partial charge in [-0.2, -0.15) is 10.4 Å². The van der Waals surface area contributed by atoms with Crippen molar-refractivity contribution >= 4 is 46.4 Å². The molecule has 1 aliphatic heterocycles. The van der Waals surface area contributed by atoms with Gasteiger partial charge in [0.2, 0.25) is 0 Å². The van der Waals surface area contributed by atoms with Crippen molar-refractivity contribution in [1.82, 2.24) is 5.43 Å². The van der Waals surface area contributed by atoms with E-state index in [1.54, 1.807) is 66.7 Å². The van der Waals surface area contributed by atoms with Gasteiger partial charge in [0, 0.05) is 10.6 Å². The molecule has 0 saturated carbocycles. The molecule has 0 bridgehead atoms. The van der Waals surface area contributed by atoms with E-state index in [9.17, 15) is 14.7 Å². The number of benzene rings is 3. The predicted octanol–water partition coefficient (Wildman–Crippen LogP) is 4.35. The number of hydrogen-bond donors (Lipinski definition) is 3. The Labute approximate surface area is 205 Å². The maximum Gasteiger partial charge on any atom is 0.262 e. The van der Waals surface area contributed by atoms with Gasteiger partial charge in [0.25, 0.3) is 11.8 Å². The number of fused-ring (bicyclic) bond motifs is 1. The highest BCUT2D eigenvalue weighted by atomic mass is 35.5. The quantitative estimate of drug-likeness (QED) is 0.350. The number of hydrazone groups is 1. The van der Waals surface area contributed by atoms with E-state index >= 15 is 0 Å². The van der Waals surface area contributed by atoms with Crippen LogP contribution in [0.1, 0.15) is 29.0 Å². The standard InChI is InChI=1S/C25H18Cl2N4O3/c26-17-11-12-18(27)23-21(17)25(34,24(33)29-23)20(15-7-3-1-4-8-15)22(16-9-5-2-6-10-16)31-30-19(32)13-14-28/h1-12,20,34H,13H2,(H,29,33)(H,30,32)/b31-22+/t20-,25-/m0/s1. The van der Waals surface area contributed by atoms with Crippen molar-refractivity contribution in [1.29, 1.82) is 5.26 Å². The van der Waals surface area contributed by atoms with Crippen LogP contribution in [-0.4, -0.2) is 22.6 Å². The number of carbonyl (C=O) groups is 2. The number of nitrogens with zero attached hydrogens (tertiary/aromatic N) is 2. The molecule has 170 valence electrons. The predicted molar refractivity (Wildman–Crippen MR) is 130 cm³/mol. The van der Waals surface area contributed by atoms with Crippen molar-refractivity contribution in [2.75, 3.05) is 5.32 Å². The van der Waals surface area contributed by atoms with E-state index in [1.165, 1.54) is 12.1 Å². The van der Waals surface area contributed by atoms with E-state index in [0.717, 1.165) is 0 Å². The normalized spacial score (nSPS) is 17.9. The van der Waals surface area contributed by atoms with E-state index in [2.05, 4.69) is 15.8 Å². The summed E-state index contributed by atoms with van der Waals surface area (Å²) in [6.45, 7) is 0. The van der Waals surface area contributed by atoms with Gasteiger partial charge in [0.15, 0.2) is 5.60 Å². The summed E-state index contributed by atoms with van der Waals surface area (Å²) in [5.74, 6) is -2.47. The van der Waals surface area contributed by atoms with E-state index in [4.69, 9.17) is 28.5 Å². The lowest BCUT2D eigenvalue weighted by Crippen LogP contribution is -2.45. The average Bonchev–Trinajstić information content (AvgIpc) is 3.12. The molecule has 3 aromatic rings. The third kappa shape index (κ3) is 4.15. The van der Waals surface area contributed by atoms with Crippen LogP contribution in [0.25, 0.3) is 0 Å². The Hall–Kier alpha value is -3.70. The number of amides is 2. The first-order chi connectivity index (χ1) is 16.4. The molecule has 7 nitrogen and oxygen atoms in total. The van der Waals surface area contributed by atoms with Gasteiger partial charge >= 0.3 is 0 Å². The van der Waals surface area contributed by atoms with Crippen LogP contribution in [0.4, 0.5) is 5.69 Å². The fraction of sp³-hybridized carbons (Fsp3) is 0.120. The number of nitriles is 1. The highest BCUT2D eigenvalue weighted by Gasteiger charge is 2.55. The topological polar surface area (TPSA) is 115 Å². The number of rotatable bonds is 6. The zero-order chi connectivity index (χ0) is 24.3. The van der Waals surface area contributed by atoms with Crippen LogP contribution < -0.4 is 10.7 Å². The van der Waals surface area contributed by atoms with Crippen molar-refractivity contribution < 1.29 is 14.7 Å². The third-order valence-corrected chi connectivity index (χ3v) is 6.13. The molecule has 0 unspecified atom stereocenters. The van der Waals surface area contributed by atoms with Crippen molar-refractivity contribution in [2.24, 2.45) is 5.10 Å². The van der Waals surface area contributed by atoms with Gasteiger partial charge in [-0.15, -0.1) is 0 Å². The van der Waals surface area contributed by atoms with Gasteiger partial charge < -0.3 is 10.4 Å². The molecule has 3 aromatic carbocycles. The lowest BCUT2D eigenvalue weighted by atomic mass is 9.73. The fourth-order valence-electron chi connectivity index (χ4n) is 4.03. The highest BCUT2D eigenvalue weighted by molar-refractivity contribution is 6.38. The van der Waals surface area contributed by atoms with Crippen LogP contribution >= 0.6 is 23.2 Å². The zero-order valence-electron chi connectivity index (χ0n) is 17.6. The summed E-state index contributed by atoms with van der Waals surface area (Å²) >= 11 is 12.8. The van der Waals surface area contributed by atoms with E-state index in [0.29, 0.717) is 11.1 Å². The number of hydrogen-bond acceptors (Lipinski definition) is 5. The molecular formula is C25H18Cl2N4O3. The van der Waals surface area contributed by atoms with E-state index in [-0.39, 0.29) is 27.0 Å². The van der Waals surface area contributed by atoms with Crippen molar-refractivity contribution in [3.63, 3.8) is 0 Å². The molecule has 1 heterocycles. The molecule has 1 aliphatic rings. The average molecular weight is 493 g/mol. The minimum atomic E-state index is -2.21. The van der Waals surface area contributed by atoms with Gasteiger partial charge in [-0.3, -0.25) is 9.59 Å². The molecular weight excluding hydrogens is 475 g/mol. The molecule has 0 fully saturated rings. The fourth-order valence-corrected chi connectivity index (χ4v) is 4.53. The first-order valence-corrected chi connectivity index (χ1v) is 11.0.